The molecular weight excluding hydrogens is 695 g/mol. The van der Waals surface area contributed by atoms with Crippen molar-refractivity contribution in [2.75, 3.05) is 22.9 Å². The van der Waals surface area contributed by atoms with Crippen molar-refractivity contribution in [2.45, 2.75) is 22.6 Å². The van der Waals surface area contributed by atoms with Crippen molar-refractivity contribution in [3.05, 3.63) is 82.9 Å². The topological polar surface area (TPSA) is 337 Å². The third-order valence-electron chi connectivity index (χ3n) is 6.64. The number of aryl methyl sites for hydroxylation is 2. The Balaban J connectivity index is 0.00000650. The Morgan fingerprint density at radius 3 is 1.22 bits per heavy atom. The number of benzene rings is 4. The van der Waals surface area contributed by atoms with Crippen LogP contribution in [-0.2, 0) is 33.1 Å². The molecule has 21 heteroatoms. The van der Waals surface area contributed by atoms with Gasteiger partial charge < -0.3 is 33.1 Å². The molecule has 0 saturated heterocycles. The predicted molar refractivity (Wildman–Crippen MR) is 173 cm³/mol. The Hall–Kier alpha value is -4.96. The number of carboxylic acid groups (broad SMARTS) is 2. The van der Waals surface area contributed by atoms with Crippen LogP contribution in [0.5, 0.6) is 0 Å². The molecule has 0 aromatic heterocycles. The van der Waals surface area contributed by atoms with Crippen LogP contribution in [0, 0.1) is 0 Å². The van der Waals surface area contributed by atoms with Gasteiger partial charge >= 0.3 is 41.5 Å². The van der Waals surface area contributed by atoms with E-state index in [0.29, 0.717) is 0 Å². The standard InChI is InChI=1S/C28H26N8O10S2.Na/c29-15-7-19(27(37)38)25(21(31)9-15)35-33-17-5-3-13(23(11-17)47(41,42)43)1-2-14-4-6-18(12-24(14)48(44,45)46)34-36-26-20(28(39)40)8-16(30)10-22(26)32;/h3-12H,1-2,29-32H2,(H,37,38)(H,39,40)(H,41,42,43)(H,44,45,46);/q;+1. The molecule has 0 aliphatic heterocycles. The Bertz CT molecular complexity index is 2100. The molecule has 0 saturated carbocycles. The summed E-state index contributed by atoms with van der Waals surface area (Å²) in [7, 11) is -9.73. The molecule has 0 aliphatic carbocycles. The second-order valence-electron chi connectivity index (χ2n) is 10.1. The maximum Gasteiger partial charge on any atom is 1.00 e. The Kier molecular flexibility index (Phi) is 11.8. The van der Waals surface area contributed by atoms with E-state index in [9.17, 15) is 45.7 Å². The molecule has 12 N–H and O–H groups in total. The van der Waals surface area contributed by atoms with Crippen molar-refractivity contribution >= 4 is 77.7 Å². The first-order chi connectivity index (χ1) is 22.3. The molecule has 0 atom stereocenters. The van der Waals surface area contributed by atoms with Crippen LogP contribution in [0.15, 0.2) is 90.9 Å². The average molecular weight is 722 g/mol. The van der Waals surface area contributed by atoms with E-state index in [2.05, 4.69) is 20.5 Å². The number of carbonyl (C=O) groups is 2. The summed E-state index contributed by atoms with van der Waals surface area (Å²) in [5, 5.41) is 34.2. The Labute approximate surface area is 300 Å². The van der Waals surface area contributed by atoms with Crippen molar-refractivity contribution in [1.82, 2.24) is 0 Å². The van der Waals surface area contributed by atoms with Gasteiger partial charge in [-0.2, -0.15) is 27.1 Å². The number of rotatable bonds is 11. The van der Waals surface area contributed by atoms with Gasteiger partial charge in [-0.05, 0) is 72.5 Å². The Morgan fingerprint density at radius 1 is 0.571 bits per heavy atom. The molecule has 0 heterocycles. The number of hydrogen-bond donors (Lipinski definition) is 8. The fourth-order valence-electron chi connectivity index (χ4n) is 4.50. The van der Waals surface area contributed by atoms with Crippen LogP contribution >= 0.6 is 0 Å². The zero-order valence-electron chi connectivity index (χ0n) is 25.3. The minimum atomic E-state index is -4.87. The van der Waals surface area contributed by atoms with Crippen molar-refractivity contribution in [3.63, 3.8) is 0 Å². The zero-order chi connectivity index (χ0) is 35.6. The number of carboxylic acids is 2. The SMILES string of the molecule is Nc1cc(N)c(N=Nc2ccc(CCc3ccc(N=Nc4c(N)cc(N)cc4C(=O)O)cc3S(=O)(=O)O)c(S(=O)(=O)O)c2)c(C(=O)O)c1.[Na+]. The van der Waals surface area contributed by atoms with Gasteiger partial charge in [0.05, 0.1) is 43.7 Å². The molecule has 0 radical (unpaired) electrons. The number of nitrogens with zero attached hydrogens (tertiary/aromatic N) is 4. The number of anilines is 4. The van der Waals surface area contributed by atoms with Crippen molar-refractivity contribution < 1.29 is 75.3 Å². The molecule has 0 spiro atoms. The third-order valence-corrected chi connectivity index (χ3v) is 8.51. The average Bonchev–Trinajstić information content (AvgIpc) is 2.97. The van der Waals surface area contributed by atoms with E-state index >= 15 is 0 Å². The van der Waals surface area contributed by atoms with Gasteiger partial charge in [-0.25, -0.2) is 9.59 Å². The van der Waals surface area contributed by atoms with Crippen molar-refractivity contribution in [1.29, 1.82) is 0 Å². The fourth-order valence-corrected chi connectivity index (χ4v) is 6.04. The molecule has 0 fully saturated rings. The van der Waals surface area contributed by atoms with Crippen molar-refractivity contribution in [3.8, 4) is 0 Å². The van der Waals surface area contributed by atoms with E-state index in [4.69, 9.17) is 22.9 Å². The smallest absolute Gasteiger partial charge is 0.478 e. The minimum Gasteiger partial charge on any atom is -0.478 e. The molecule has 0 bridgehead atoms. The van der Waals surface area contributed by atoms with E-state index in [1.54, 1.807) is 0 Å². The van der Waals surface area contributed by atoms with Crippen LogP contribution in [0.3, 0.4) is 0 Å². The quantitative estimate of drug-likeness (QED) is 0.0471. The molecule has 0 aliphatic rings. The Morgan fingerprint density at radius 2 is 0.918 bits per heavy atom. The normalized spacial score (nSPS) is 11.9. The third kappa shape index (κ3) is 9.35. The van der Waals surface area contributed by atoms with E-state index in [-0.39, 0.29) is 110 Å². The summed E-state index contributed by atoms with van der Waals surface area (Å²) >= 11 is 0. The van der Waals surface area contributed by atoms with Gasteiger partial charge in [-0.1, -0.05) is 12.1 Å². The monoisotopic (exact) mass is 721 g/mol. The van der Waals surface area contributed by atoms with Crippen LogP contribution < -0.4 is 52.5 Å². The second-order valence-corrected chi connectivity index (χ2v) is 12.8. The van der Waals surface area contributed by atoms with Crippen LogP contribution in [-0.4, -0.2) is 48.1 Å². The first-order valence-electron chi connectivity index (χ1n) is 13.2. The summed E-state index contributed by atoms with van der Waals surface area (Å²) in [4.78, 5) is 22.0. The molecule has 4 aromatic rings. The fraction of sp³-hybridized carbons (Fsp3) is 0.0714. The predicted octanol–water partition coefficient (Wildman–Crippen LogP) is 1.53. The van der Waals surface area contributed by atoms with Gasteiger partial charge in [0.2, 0.25) is 0 Å². The summed E-state index contributed by atoms with van der Waals surface area (Å²) < 4.78 is 68.8. The van der Waals surface area contributed by atoms with E-state index in [0.717, 1.165) is 24.3 Å². The van der Waals surface area contributed by atoms with Gasteiger partial charge in [0, 0.05) is 11.4 Å². The molecule has 4 aromatic carbocycles. The summed E-state index contributed by atoms with van der Waals surface area (Å²) in [6.45, 7) is 0. The molecule has 4 rings (SSSR count). The first kappa shape index (κ1) is 38.5. The molecule has 250 valence electrons. The second kappa shape index (κ2) is 15.1. The van der Waals surface area contributed by atoms with Crippen LogP contribution in [0.2, 0.25) is 0 Å². The molecule has 0 amide bonds. The zero-order valence-corrected chi connectivity index (χ0v) is 29.0. The largest absolute Gasteiger partial charge is 1.00 e. The maximum absolute atomic E-state index is 12.3. The van der Waals surface area contributed by atoms with Crippen LogP contribution in [0.1, 0.15) is 31.8 Å². The van der Waals surface area contributed by atoms with Gasteiger partial charge in [0.25, 0.3) is 20.2 Å². The van der Waals surface area contributed by atoms with Gasteiger partial charge in [-0.15, -0.1) is 10.2 Å². The summed E-state index contributed by atoms with van der Waals surface area (Å²) in [6.07, 6.45) is -0.345. The van der Waals surface area contributed by atoms with Crippen molar-refractivity contribution in [2.24, 2.45) is 20.5 Å². The van der Waals surface area contributed by atoms with Gasteiger partial charge in [0.1, 0.15) is 11.4 Å². The molecule has 18 nitrogen and oxygen atoms in total. The van der Waals surface area contributed by atoms with Crippen LogP contribution in [0.25, 0.3) is 0 Å². The molecule has 49 heavy (non-hydrogen) atoms. The summed E-state index contributed by atoms with van der Waals surface area (Å²) in [6, 6.07) is 11.8. The minimum absolute atomic E-state index is 0. The van der Waals surface area contributed by atoms with E-state index in [1.165, 1.54) is 36.4 Å². The van der Waals surface area contributed by atoms with E-state index < -0.39 is 42.0 Å². The summed E-state index contributed by atoms with van der Waals surface area (Å²) in [5.41, 5.74) is 21.5. The number of aromatic carboxylic acids is 2. The number of nitrogen functional groups attached to an aromatic ring is 4. The summed E-state index contributed by atoms with van der Waals surface area (Å²) in [5.74, 6) is -2.78. The molecule has 0 unspecified atom stereocenters. The number of nitrogens with two attached hydrogens (primary N) is 4. The first-order valence-corrected chi connectivity index (χ1v) is 16.1. The number of hydrogen-bond acceptors (Lipinski definition) is 14. The van der Waals surface area contributed by atoms with Gasteiger partial charge in [-0.3, -0.25) is 9.11 Å². The maximum atomic E-state index is 12.3. The van der Waals surface area contributed by atoms with Crippen LogP contribution in [0.4, 0.5) is 45.5 Å². The van der Waals surface area contributed by atoms with E-state index in [1.807, 2.05) is 0 Å². The number of azo groups is 2. The van der Waals surface area contributed by atoms with Gasteiger partial charge in [0.15, 0.2) is 0 Å². The molecular formula is C28H26N8NaO10S2+.